The molecule has 4 aliphatic carbocycles. The van der Waals surface area contributed by atoms with Crippen LogP contribution in [-0.4, -0.2) is 41.3 Å². The van der Waals surface area contributed by atoms with Gasteiger partial charge in [0.15, 0.2) is 0 Å². The van der Waals surface area contributed by atoms with Gasteiger partial charge in [0.05, 0.1) is 6.04 Å². The Kier molecular flexibility index (Phi) is 3.57. The fourth-order valence-corrected chi connectivity index (χ4v) is 6.57. The Morgan fingerprint density at radius 3 is 2.27 bits per heavy atom. The predicted molar refractivity (Wildman–Crippen MR) is 87.2 cm³/mol. The summed E-state index contributed by atoms with van der Waals surface area (Å²) in [4.78, 5) is 15.0. The van der Waals surface area contributed by atoms with Crippen LogP contribution in [0.1, 0.15) is 51.4 Å². The van der Waals surface area contributed by atoms with Crippen LogP contribution in [0, 0.1) is 23.2 Å². The summed E-state index contributed by atoms with van der Waals surface area (Å²) in [7, 11) is 0. The molecule has 5 aliphatic rings. The van der Waals surface area contributed by atoms with Gasteiger partial charge in [-0.15, -0.1) is 0 Å². The molecule has 0 spiro atoms. The Hall–Kier alpha value is -0.545. The van der Waals surface area contributed by atoms with E-state index in [1.165, 1.54) is 38.5 Å². The summed E-state index contributed by atoms with van der Waals surface area (Å²) in [6, 6.07) is -0.347. The zero-order valence-electron chi connectivity index (χ0n) is 13.7. The molecule has 122 valence electrons. The number of nitrogens with two attached hydrogens (primary N) is 1. The Labute approximate surface area is 133 Å². The van der Waals surface area contributed by atoms with Gasteiger partial charge in [0.25, 0.3) is 0 Å². The van der Waals surface area contributed by atoms with Gasteiger partial charge in [0.2, 0.25) is 5.91 Å². The number of hydrogen-bond donors (Lipinski definition) is 2. The molecule has 1 saturated heterocycles. The molecule has 5 rings (SSSR count). The van der Waals surface area contributed by atoms with Gasteiger partial charge in [-0.05, 0) is 74.5 Å². The molecular weight excluding hydrogens is 275 g/mol. The minimum absolute atomic E-state index is 0.0209. The van der Waals surface area contributed by atoms with E-state index < -0.39 is 6.92 Å². The Balaban J connectivity index is 1.54. The highest BCUT2D eigenvalue weighted by Gasteiger charge is 2.56. The first-order valence-electron chi connectivity index (χ1n) is 9.22. The van der Waals surface area contributed by atoms with Crippen molar-refractivity contribution in [3.63, 3.8) is 0 Å². The molecule has 4 saturated carbocycles. The van der Waals surface area contributed by atoms with Crippen LogP contribution in [-0.2, 0) is 4.79 Å². The van der Waals surface area contributed by atoms with E-state index in [4.69, 9.17) is 5.73 Å². The molecule has 3 N–H and O–H groups in total. The third-order valence-electron chi connectivity index (χ3n) is 7.15. The van der Waals surface area contributed by atoms with Gasteiger partial charge in [-0.2, -0.15) is 0 Å². The summed E-state index contributed by atoms with van der Waals surface area (Å²) in [6.07, 6.45) is 9.53. The summed E-state index contributed by atoms with van der Waals surface area (Å²) in [6.45, 7) is 2.12. The van der Waals surface area contributed by atoms with Crippen LogP contribution in [0.25, 0.3) is 0 Å². The van der Waals surface area contributed by atoms with E-state index in [0.717, 1.165) is 37.1 Å². The maximum Gasteiger partial charge on any atom is 0.309 e. The van der Waals surface area contributed by atoms with Gasteiger partial charge >= 0.3 is 6.92 Å². The average molecular weight is 304 g/mol. The summed E-state index contributed by atoms with van der Waals surface area (Å²) >= 11 is 0. The first-order valence-corrected chi connectivity index (χ1v) is 9.22. The van der Waals surface area contributed by atoms with E-state index in [1.54, 1.807) is 6.82 Å². The van der Waals surface area contributed by atoms with Crippen LogP contribution >= 0.6 is 0 Å². The van der Waals surface area contributed by atoms with E-state index >= 15 is 0 Å². The van der Waals surface area contributed by atoms with Gasteiger partial charge in [0.1, 0.15) is 0 Å². The molecule has 1 heterocycles. The quantitative estimate of drug-likeness (QED) is 0.780. The number of carbonyl (C=O) groups excluding carboxylic acids is 1. The monoisotopic (exact) mass is 304 g/mol. The maximum atomic E-state index is 13.1. The van der Waals surface area contributed by atoms with E-state index in [2.05, 4.69) is 0 Å². The topological polar surface area (TPSA) is 66.6 Å². The minimum atomic E-state index is -0.449. The number of carbonyl (C=O) groups is 1. The van der Waals surface area contributed by atoms with Crippen LogP contribution in [0.5, 0.6) is 0 Å². The van der Waals surface area contributed by atoms with Crippen molar-refractivity contribution in [2.45, 2.75) is 70.2 Å². The minimum Gasteiger partial charge on any atom is -0.449 e. The molecule has 4 bridgehead atoms. The molecule has 5 fully saturated rings. The molecule has 0 aromatic heterocycles. The van der Waals surface area contributed by atoms with Crippen molar-refractivity contribution in [1.29, 1.82) is 0 Å². The molecule has 0 radical (unpaired) electrons. The fraction of sp³-hybridized carbons (Fsp3) is 0.941. The van der Waals surface area contributed by atoms with Gasteiger partial charge in [-0.3, -0.25) is 4.79 Å². The number of nitrogens with zero attached hydrogens (tertiary/aromatic N) is 1. The summed E-state index contributed by atoms with van der Waals surface area (Å²) in [5.74, 6) is 2.54. The van der Waals surface area contributed by atoms with Crippen molar-refractivity contribution < 1.29 is 9.82 Å². The lowest BCUT2D eigenvalue weighted by Gasteiger charge is -2.58. The molecule has 5 heteroatoms. The molecule has 2 unspecified atom stereocenters. The molecule has 0 aromatic carbocycles. The largest absolute Gasteiger partial charge is 0.449 e. The highest BCUT2D eigenvalue weighted by molar-refractivity contribution is 6.51. The van der Waals surface area contributed by atoms with Crippen LogP contribution in [0.3, 0.4) is 0 Å². The van der Waals surface area contributed by atoms with Crippen molar-refractivity contribution in [3.05, 3.63) is 0 Å². The molecule has 1 aliphatic heterocycles. The smallest absolute Gasteiger partial charge is 0.309 e. The Morgan fingerprint density at radius 1 is 1.23 bits per heavy atom. The second-order valence-electron chi connectivity index (χ2n) is 8.74. The van der Waals surface area contributed by atoms with Crippen molar-refractivity contribution in [2.75, 3.05) is 6.54 Å². The molecule has 0 aromatic rings. The van der Waals surface area contributed by atoms with E-state index in [9.17, 15) is 9.82 Å². The van der Waals surface area contributed by atoms with Gasteiger partial charge in [0, 0.05) is 12.5 Å². The van der Waals surface area contributed by atoms with Crippen LogP contribution in [0.2, 0.25) is 6.82 Å². The number of rotatable bonds is 3. The first-order chi connectivity index (χ1) is 10.5. The van der Waals surface area contributed by atoms with Crippen molar-refractivity contribution in [1.82, 2.24) is 4.90 Å². The van der Waals surface area contributed by atoms with Crippen molar-refractivity contribution in [3.8, 4) is 0 Å². The lowest BCUT2D eigenvalue weighted by atomic mass is 9.47. The molecular formula is C17H29BN2O2. The second kappa shape index (κ2) is 5.24. The molecule has 1 amide bonds. The lowest BCUT2D eigenvalue weighted by Crippen LogP contribution is -2.61. The van der Waals surface area contributed by atoms with Crippen LogP contribution < -0.4 is 5.73 Å². The first kappa shape index (κ1) is 15.0. The highest BCUT2D eigenvalue weighted by Crippen LogP contribution is 2.61. The molecule has 22 heavy (non-hydrogen) atoms. The second-order valence-corrected chi connectivity index (χ2v) is 8.74. The average Bonchev–Trinajstić information content (AvgIpc) is 2.93. The zero-order chi connectivity index (χ0) is 15.5. The summed E-state index contributed by atoms with van der Waals surface area (Å²) in [5, 5.41) is 9.95. The summed E-state index contributed by atoms with van der Waals surface area (Å²) in [5.41, 5.74) is 6.65. The molecule has 2 atom stereocenters. The number of amides is 1. The Bertz CT molecular complexity index is 432. The standard InChI is InChI=1S/C17H29BN2O2/c1-18(22)14-3-2-4-20(14)16(21)15(19)17-8-11-5-12(9-17)7-13(6-11)10-17/h11-15,22H,2-10,19H2,1H3. The number of hydrogen-bond acceptors (Lipinski definition) is 3. The summed E-state index contributed by atoms with van der Waals surface area (Å²) < 4.78 is 0. The van der Waals surface area contributed by atoms with Crippen LogP contribution in [0.15, 0.2) is 0 Å². The normalized spacial score (nSPS) is 44.4. The number of likely N-dealkylation sites (tertiary alicyclic amines) is 1. The van der Waals surface area contributed by atoms with Crippen molar-refractivity contribution in [2.24, 2.45) is 28.9 Å². The predicted octanol–water partition coefficient (Wildman–Crippen LogP) is 1.67. The zero-order valence-corrected chi connectivity index (χ0v) is 13.7. The third-order valence-corrected chi connectivity index (χ3v) is 7.15. The highest BCUT2D eigenvalue weighted by atomic mass is 16.2. The lowest BCUT2D eigenvalue weighted by molar-refractivity contribution is -0.142. The Morgan fingerprint density at radius 2 is 1.77 bits per heavy atom. The van der Waals surface area contributed by atoms with E-state index in [0.29, 0.717) is 0 Å². The maximum absolute atomic E-state index is 13.1. The van der Waals surface area contributed by atoms with Crippen LogP contribution in [0.4, 0.5) is 0 Å². The van der Waals surface area contributed by atoms with Gasteiger partial charge in [-0.1, -0.05) is 6.82 Å². The SMILES string of the molecule is CB(O)C1CCCN1C(=O)C(N)C12CC3CC(CC(C3)C1)C2. The van der Waals surface area contributed by atoms with Gasteiger partial charge < -0.3 is 15.7 Å². The fourth-order valence-electron chi connectivity index (χ4n) is 6.57. The van der Waals surface area contributed by atoms with E-state index in [1.807, 2.05) is 4.90 Å². The molecule has 4 nitrogen and oxygen atoms in total. The third kappa shape index (κ3) is 2.23. The van der Waals surface area contributed by atoms with Gasteiger partial charge in [-0.25, -0.2) is 0 Å². The van der Waals surface area contributed by atoms with Crippen molar-refractivity contribution >= 4 is 12.8 Å². The van der Waals surface area contributed by atoms with E-state index in [-0.39, 0.29) is 23.3 Å².